The van der Waals surface area contributed by atoms with E-state index in [0.29, 0.717) is 0 Å². The van der Waals surface area contributed by atoms with Gasteiger partial charge in [-0.1, -0.05) is 12.1 Å². The minimum Gasteiger partial charge on any atom is -0.192 e. The van der Waals surface area contributed by atoms with Crippen LogP contribution in [0.3, 0.4) is 0 Å². The summed E-state index contributed by atoms with van der Waals surface area (Å²) in [6.45, 7) is 2.02. The monoisotopic (exact) mass is 163 g/mol. The minimum atomic E-state index is 0.775. The second-order valence-corrected chi connectivity index (χ2v) is 3.08. The lowest BCUT2D eigenvalue weighted by Crippen LogP contribution is -1.83. The van der Waals surface area contributed by atoms with E-state index in [4.69, 9.17) is 5.26 Å². The van der Waals surface area contributed by atoms with Crippen LogP contribution >= 0.6 is 11.8 Å². The van der Waals surface area contributed by atoms with Gasteiger partial charge in [-0.2, -0.15) is 5.26 Å². The van der Waals surface area contributed by atoms with E-state index in [-0.39, 0.29) is 0 Å². The highest BCUT2D eigenvalue weighted by atomic mass is 32.2. The molecule has 0 atom stereocenters. The largest absolute Gasteiger partial charge is 0.192 e. The maximum absolute atomic E-state index is 8.71. The molecule has 11 heavy (non-hydrogen) atoms. The summed E-state index contributed by atoms with van der Waals surface area (Å²) in [6.07, 6.45) is 1.99. The fourth-order valence-electron chi connectivity index (χ4n) is 1.01. The Kier molecular flexibility index (Phi) is 2.56. The molecule has 0 bridgehead atoms. The summed E-state index contributed by atoms with van der Waals surface area (Å²) < 4.78 is 0. The van der Waals surface area contributed by atoms with Crippen LogP contribution < -0.4 is 0 Å². The van der Waals surface area contributed by atoms with Crippen molar-refractivity contribution < 1.29 is 0 Å². The maximum Gasteiger partial charge on any atom is 0.100 e. The molecule has 0 N–H and O–H groups in total. The Morgan fingerprint density at radius 2 is 2.18 bits per heavy atom. The lowest BCUT2D eigenvalue weighted by Gasteiger charge is -2.02. The summed E-state index contributed by atoms with van der Waals surface area (Å²) in [5, 5.41) is 8.71. The number of aryl methyl sites for hydroxylation is 1. The molecule has 0 heterocycles. The van der Waals surface area contributed by atoms with Gasteiger partial charge in [0.2, 0.25) is 0 Å². The van der Waals surface area contributed by atoms with Crippen LogP contribution in [0.5, 0.6) is 0 Å². The van der Waals surface area contributed by atoms with E-state index in [9.17, 15) is 0 Å². The van der Waals surface area contributed by atoms with E-state index in [0.717, 1.165) is 10.5 Å². The quantitative estimate of drug-likeness (QED) is 0.594. The Hall–Kier alpha value is -0.940. The molecular formula is C9H9NS. The summed E-state index contributed by atoms with van der Waals surface area (Å²) in [5.74, 6) is 0. The molecule has 1 nitrogen and oxygen atoms in total. The number of nitrogens with zero attached hydrogens (tertiary/aromatic N) is 1. The standard InChI is InChI=1S/C9H9NS/c1-7-4-3-5-8(6-10)9(7)11-2/h3-5H,1-2H3. The number of hydrogen-bond donors (Lipinski definition) is 0. The van der Waals surface area contributed by atoms with Crippen LogP contribution in [-0.2, 0) is 0 Å². The topological polar surface area (TPSA) is 23.8 Å². The maximum atomic E-state index is 8.71. The molecule has 0 unspecified atom stereocenters. The first-order chi connectivity index (χ1) is 5.29. The van der Waals surface area contributed by atoms with Gasteiger partial charge in [-0.25, -0.2) is 0 Å². The molecule has 0 aliphatic rings. The predicted molar refractivity (Wildman–Crippen MR) is 47.7 cm³/mol. The van der Waals surface area contributed by atoms with E-state index in [1.165, 1.54) is 5.56 Å². The molecule has 1 aromatic carbocycles. The summed E-state index contributed by atoms with van der Waals surface area (Å²) in [4.78, 5) is 1.09. The van der Waals surface area contributed by atoms with E-state index in [1.54, 1.807) is 11.8 Å². The second-order valence-electron chi connectivity index (χ2n) is 2.27. The molecule has 0 aliphatic carbocycles. The first kappa shape index (κ1) is 8.16. The van der Waals surface area contributed by atoms with Gasteiger partial charge in [-0.05, 0) is 24.8 Å². The summed E-state index contributed by atoms with van der Waals surface area (Å²) in [7, 11) is 0. The number of rotatable bonds is 1. The Labute approximate surface area is 71.0 Å². The van der Waals surface area contributed by atoms with Crippen LogP contribution in [0, 0.1) is 18.3 Å². The van der Waals surface area contributed by atoms with Crippen LogP contribution in [0.4, 0.5) is 0 Å². The summed E-state index contributed by atoms with van der Waals surface area (Å²) in [6, 6.07) is 7.94. The number of nitriles is 1. The van der Waals surface area contributed by atoms with Crippen molar-refractivity contribution >= 4 is 11.8 Å². The van der Waals surface area contributed by atoms with E-state index in [1.807, 2.05) is 31.4 Å². The van der Waals surface area contributed by atoms with Crippen LogP contribution in [0.25, 0.3) is 0 Å². The molecule has 0 spiro atoms. The van der Waals surface area contributed by atoms with Crippen molar-refractivity contribution in [3.63, 3.8) is 0 Å². The van der Waals surface area contributed by atoms with Crippen LogP contribution in [0.2, 0.25) is 0 Å². The van der Waals surface area contributed by atoms with Gasteiger partial charge >= 0.3 is 0 Å². The predicted octanol–water partition coefficient (Wildman–Crippen LogP) is 2.59. The highest BCUT2D eigenvalue weighted by molar-refractivity contribution is 7.98. The van der Waals surface area contributed by atoms with Crippen molar-refractivity contribution in [2.75, 3.05) is 6.26 Å². The number of benzene rings is 1. The zero-order valence-corrected chi connectivity index (χ0v) is 7.40. The highest BCUT2D eigenvalue weighted by Crippen LogP contribution is 2.23. The third kappa shape index (κ3) is 1.55. The first-order valence-electron chi connectivity index (χ1n) is 3.33. The lowest BCUT2D eigenvalue weighted by atomic mass is 10.1. The average Bonchev–Trinajstić information content (AvgIpc) is 2.04. The summed E-state index contributed by atoms with van der Waals surface area (Å²) >= 11 is 1.62. The molecular weight excluding hydrogens is 154 g/mol. The molecule has 0 radical (unpaired) electrons. The first-order valence-corrected chi connectivity index (χ1v) is 4.55. The fraction of sp³-hybridized carbons (Fsp3) is 0.222. The molecule has 56 valence electrons. The molecule has 0 aliphatic heterocycles. The average molecular weight is 163 g/mol. The van der Waals surface area contributed by atoms with Crippen LogP contribution in [0.15, 0.2) is 23.1 Å². The Balaban J connectivity index is 3.27. The molecule has 0 amide bonds. The van der Waals surface area contributed by atoms with Gasteiger partial charge in [0.25, 0.3) is 0 Å². The van der Waals surface area contributed by atoms with Gasteiger partial charge in [-0.3, -0.25) is 0 Å². The van der Waals surface area contributed by atoms with Gasteiger partial charge in [0.1, 0.15) is 6.07 Å². The molecule has 1 aromatic rings. The van der Waals surface area contributed by atoms with Gasteiger partial charge in [0, 0.05) is 4.90 Å². The van der Waals surface area contributed by atoms with Crippen molar-refractivity contribution in [1.29, 1.82) is 5.26 Å². The molecule has 1 rings (SSSR count). The molecule has 0 fully saturated rings. The van der Waals surface area contributed by atoms with Crippen molar-refractivity contribution in [1.82, 2.24) is 0 Å². The highest BCUT2D eigenvalue weighted by Gasteiger charge is 2.01. The van der Waals surface area contributed by atoms with Crippen molar-refractivity contribution in [3.8, 4) is 6.07 Å². The van der Waals surface area contributed by atoms with Crippen molar-refractivity contribution in [2.45, 2.75) is 11.8 Å². The zero-order valence-electron chi connectivity index (χ0n) is 6.59. The smallest absolute Gasteiger partial charge is 0.100 e. The van der Waals surface area contributed by atoms with Gasteiger partial charge in [0.05, 0.1) is 5.56 Å². The molecule has 2 heteroatoms. The third-order valence-electron chi connectivity index (χ3n) is 1.54. The number of hydrogen-bond acceptors (Lipinski definition) is 2. The molecule has 0 saturated heterocycles. The Bertz CT molecular complexity index is 299. The third-order valence-corrected chi connectivity index (χ3v) is 2.49. The number of thioether (sulfide) groups is 1. The van der Waals surface area contributed by atoms with E-state index >= 15 is 0 Å². The van der Waals surface area contributed by atoms with Gasteiger partial charge < -0.3 is 0 Å². The zero-order chi connectivity index (χ0) is 8.27. The molecule has 0 saturated carbocycles. The fourth-order valence-corrected chi connectivity index (χ4v) is 1.74. The summed E-state index contributed by atoms with van der Waals surface area (Å²) in [5.41, 5.74) is 1.95. The lowest BCUT2D eigenvalue weighted by molar-refractivity contribution is 1.27. The van der Waals surface area contributed by atoms with Gasteiger partial charge in [-0.15, -0.1) is 11.8 Å². The van der Waals surface area contributed by atoms with Crippen molar-refractivity contribution in [2.24, 2.45) is 0 Å². The van der Waals surface area contributed by atoms with Crippen molar-refractivity contribution in [3.05, 3.63) is 29.3 Å². The van der Waals surface area contributed by atoms with E-state index in [2.05, 4.69) is 6.07 Å². The Morgan fingerprint density at radius 3 is 2.64 bits per heavy atom. The molecule has 0 aromatic heterocycles. The van der Waals surface area contributed by atoms with Crippen LogP contribution in [-0.4, -0.2) is 6.26 Å². The van der Waals surface area contributed by atoms with Gasteiger partial charge in [0.15, 0.2) is 0 Å². The Morgan fingerprint density at radius 1 is 1.45 bits per heavy atom. The SMILES string of the molecule is CSc1c(C)cccc1C#N. The normalized spacial score (nSPS) is 9.18. The second kappa shape index (κ2) is 3.45. The van der Waals surface area contributed by atoms with Crippen LogP contribution in [0.1, 0.15) is 11.1 Å². The minimum absolute atomic E-state index is 0.775. The van der Waals surface area contributed by atoms with E-state index < -0.39 is 0 Å².